The van der Waals surface area contributed by atoms with Crippen LogP contribution in [0.4, 0.5) is 0 Å². The van der Waals surface area contributed by atoms with Crippen molar-refractivity contribution in [3.05, 3.63) is 29.0 Å². The van der Waals surface area contributed by atoms with E-state index in [4.69, 9.17) is 16.7 Å². The van der Waals surface area contributed by atoms with E-state index in [2.05, 4.69) is 10.3 Å². The van der Waals surface area contributed by atoms with Gasteiger partial charge in [0.2, 0.25) is 0 Å². The predicted molar refractivity (Wildman–Crippen MR) is 58.4 cm³/mol. The highest BCUT2D eigenvalue weighted by molar-refractivity contribution is 6.29. The van der Waals surface area contributed by atoms with Crippen LogP contribution in [-0.2, 0) is 4.79 Å². The van der Waals surface area contributed by atoms with Crippen molar-refractivity contribution in [2.24, 2.45) is 0 Å². The predicted octanol–water partition coefficient (Wildman–Crippen LogP) is 1.33. The molecule has 1 rings (SSSR count). The molecule has 0 aliphatic rings. The van der Waals surface area contributed by atoms with E-state index < -0.39 is 17.9 Å². The molecule has 1 heterocycles. The van der Waals surface area contributed by atoms with Crippen LogP contribution in [0.15, 0.2) is 18.3 Å². The van der Waals surface area contributed by atoms with E-state index >= 15 is 0 Å². The molecule has 0 aliphatic heterocycles. The smallest absolute Gasteiger partial charge is 0.326 e. The maximum Gasteiger partial charge on any atom is 0.326 e. The number of nitrogens with one attached hydrogen (secondary N) is 1. The van der Waals surface area contributed by atoms with Gasteiger partial charge in [0, 0.05) is 11.8 Å². The second kappa shape index (κ2) is 5.46. The van der Waals surface area contributed by atoms with E-state index in [1.165, 1.54) is 18.3 Å². The van der Waals surface area contributed by atoms with E-state index in [0.717, 1.165) is 0 Å². The number of nitrogens with zero attached hydrogens (tertiary/aromatic N) is 1. The number of aliphatic carboxylic acids is 1. The summed E-state index contributed by atoms with van der Waals surface area (Å²) in [7, 11) is 0. The molecule has 0 saturated heterocycles. The lowest BCUT2D eigenvalue weighted by molar-refractivity contribution is -0.139. The van der Waals surface area contributed by atoms with Gasteiger partial charge in [0.1, 0.15) is 11.2 Å². The van der Waals surface area contributed by atoms with Gasteiger partial charge in [-0.1, -0.05) is 18.5 Å². The number of hydrogen-bond acceptors (Lipinski definition) is 3. The molecular formula is C10H11ClN2O3. The molecule has 0 fully saturated rings. The number of amides is 1. The Morgan fingerprint density at radius 2 is 2.31 bits per heavy atom. The molecule has 1 aromatic heterocycles. The number of carbonyl (C=O) groups excluding carboxylic acids is 1. The topological polar surface area (TPSA) is 79.3 Å². The lowest BCUT2D eigenvalue weighted by Gasteiger charge is -2.11. The van der Waals surface area contributed by atoms with Gasteiger partial charge in [-0.2, -0.15) is 0 Å². The molecule has 0 radical (unpaired) electrons. The van der Waals surface area contributed by atoms with Gasteiger partial charge in [-0.05, 0) is 18.6 Å². The lowest BCUT2D eigenvalue weighted by Crippen LogP contribution is -2.40. The molecule has 0 saturated carbocycles. The summed E-state index contributed by atoms with van der Waals surface area (Å²) >= 11 is 5.61. The zero-order chi connectivity index (χ0) is 12.1. The first-order valence-corrected chi connectivity index (χ1v) is 5.07. The third kappa shape index (κ3) is 3.20. The maximum atomic E-state index is 11.6. The molecule has 1 amide bonds. The summed E-state index contributed by atoms with van der Waals surface area (Å²) in [4.78, 5) is 26.0. The van der Waals surface area contributed by atoms with Crippen molar-refractivity contribution in [1.82, 2.24) is 10.3 Å². The van der Waals surface area contributed by atoms with E-state index in [1.807, 2.05) is 0 Å². The first kappa shape index (κ1) is 12.4. The summed E-state index contributed by atoms with van der Waals surface area (Å²) in [6.07, 6.45) is 1.71. The average Bonchev–Trinajstić information content (AvgIpc) is 2.25. The summed E-state index contributed by atoms with van der Waals surface area (Å²) in [5.41, 5.74) is 0.291. The van der Waals surface area contributed by atoms with Crippen molar-refractivity contribution >= 4 is 23.5 Å². The highest BCUT2D eigenvalue weighted by Crippen LogP contribution is 2.07. The number of carboxylic acid groups (broad SMARTS) is 1. The standard InChI is InChI=1S/C10H11ClN2O3/c1-2-7(10(15)16)13-9(14)6-3-4-12-8(11)5-6/h3-5,7H,2H2,1H3,(H,13,14)(H,15,16)/t7-/m0/s1. The Morgan fingerprint density at radius 1 is 1.62 bits per heavy atom. The molecule has 16 heavy (non-hydrogen) atoms. The van der Waals surface area contributed by atoms with Gasteiger partial charge >= 0.3 is 5.97 Å². The molecular weight excluding hydrogens is 232 g/mol. The fourth-order valence-corrected chi connectivity index (χ4v) is 1.30. The minimum atomic E-state index is -1.06. The van der Waals surface area contributed by atoms with Crippen molar-refractivity contribution in [2.75, 3.05) is 0 Å². The van der Waals surface area contributed by atoms with Crippen molar-refractivity contribution in [3.8, 4) is 0 Å². The third-order valence-electron chi connectivity index (χ3n) is 2.00. The van der Waals surface area contributed by atoms with E-state index in [-0.39, 0.29) is 5.15 Å². The summed E-state index contributed by atoms with van der Waals surface area (Å²) in [5.74, 6) is -1.53. The fraction of sp³-hybridized carbons (Fsp3) is 0.300. The van der Waals surface area contributed by atoms with Crippen molar-refractivity contribution in [1.29, 1.82) is 0 Å². The number of rotatable bonds is 4. The largest absolute Gasteiger partial charge is 0.480 e. The Morgan fingerprint density at radius 3 is 2.81 bits per heavy atom. The zero-order valence-electron chi connectivity index (χ0n) is 8.61. The first-order valence-electron chi connectivity index (χ1n) is 4.69. The van der Waals surface area contributed by atoms with Crippen LogP contribution in [0.2, 0.25) is 5.15 Å². The monoisotopic (exact) mass is 242 g/mol. The molecule has 6 heteroatoms. The van der Waals surface area contributed by atoms with Crippen LogP contribution in [0, 0.1) is 0 Å². The van der Waals surface area contributed by atoms with Crippen LogP contribution in [0.5, 0.6) is 0 Å². The van der Waals surface area contributed by atoms with Gasteiger partial charge in [-0.15, -0.1) is 0 Å². The fourth-order valence-electron chi connectivity index (χ4n) is 1.12. The second-order valence-electron chi connectivity index (χ2n) is 3.14. The SMILES string of the molecule is CC[C@H](NC(=O)c1ccnc(Cl)c1)C(=O)O. The van der Waals surface area contributed by atoms with Crippen LogP contribution in [0.3, 0.4) is 0 Å². The van der Waals surface area contributed by atoms with E-state index in [9.17, 15) is 9.59 Å². The normalized spacial score (nSPS) is 11.9. The van der Waals surface area contributed by atoms with Crippen LogP contribution in [0.1, 0.15) is 23.7 Å². The van der Waals surface area contributed by atoms with Crippen LogP contribution in [0.25, 0.3) is 0 Å². The number of halogens is 1. The Labute approximate surface area is 97.4 Å². The molecule has 86 valence electrons. The minimum Gasteiger partial charge on any atom is -0.480 e. The molecule has 0 aromatic carbocycles. The van der Waals surface area contributed by atoms with Crippen molar-refractivity contribution in [3.63, 3.8) is 0 Å². The van der Waals surface area contributed by atoms with Gasteiger partial charge in [-0.25, -0.2) is 9.78 Å². The van der Waals surface area contributed by atoms with Gasteiger partial charge in [-0.3, -0.25) is 4.79 Å². The Kier molecular flexibility index (Phi) is 4.25. The summed E-state index contributed by atoms with van der Waals surface area (Å²) in [5, 5.41) is 11.3. The third-order valence-corrected chi connectivity index (χ3v) is 2.21. The second-order valence-corrected chi connectivity index (χ2v) is 3.53. The first-order chi connectivity index (χ1) is 7.54. The maximum absolute atomic E-state index is 11.6. The van der Waals surface area contributed by atoms with Crippen LogP contribution < -0.4 is 5.32 Å². The number of carbonyl (C=O) groups is 2. The van der Waals surface area contributed by atoms with Gasteiger partial charge in [0.25, 0.3) is 5.91 Å². The van der Waals surface area contributed by atoms with Gasteiger partial charge in [0.05, 0.1) is 0 Å². The van der Waals surface area contributed by atoms with Crippen LogP contribution in [-0.4, -0.2) is 28.0 Å². The van der Waals surface area contributed by atoms with Crippen molar-refractivity contribution < 1.29 is 14.7 Å². The quantitative estimate of drug-likeness (QED) is 0.781. The molecule has 0 unspecified atom stereocenters. The number of hydrogen-bond donors (Lipinski definition) is 2. The highest BCUT2D eigenvalue weighted by atomic mass is 35.5. The van der Waals surface area contributed by atoms with Crippen LogP contribution >= 0.6 is 11.6 Å². The molecule has 1 aromatic rings. The lowest BCUT2D eigenvalue weighted by atomic mass is 10.2. The van der Waals surface area contributed by atoms with E-state index in [1.54, 1.807) is 6.92 Å². The van der Waals surface area contributed by atoms with Gasteiger partial charge in [0.15, 0.2) is 0 Å². The number of carboxylic acids is 1. The highest BCUT2D eigenvalue weighted by Gasteiger charge is 2.18. The summed E-state index contributed by atoms with van der Waals surface area (Å²) < 4.78 is 0. The van der Waals surface area contributed by atoms with E-state index in [0.29, 0.717) is 12.0 Å². The molecule has 2 N–H and O–H groups in total. The molecule has 0 bridgehead atoms. The summed E-state index contributed by atoms with van der Waals surface area (Å²) in [6, 6.07) is 1.96. The zero-order valence-corrected chi connectivity index (χ0v) is 9.36. The van der Waals surface area contributed by atoms with Crippen molar-refractivity contribution in [2.45, 2.75) is 19.4 Å². The molecule has 1 atom stereocenters. The summed E-state index contributed by atoms with van der Waals surface area (Å²) in [6.45, 7) is 1.68. The molecule has 0 spiro atoms. The average molecular weight is 243 g/mol. The Balaban J connectivity index is 2.75. The molecule has 5 nitrogen and oxygen atoms in total. The Hall–Kier alpha value is -1.62. The number of pyridine rings is 1. The Bertz CT molecular complexity index is 409. The molecule has 0 aliphatic carbocycles. The number of aromatic nitrogens is 1. The van der Waals surface area contributed by atoms with Gasteiger partial charge < -0.3 is 10.4 Å². The minimum absolute atomic E-state index is 0.191.